The van der Waals surface area contributed by atoms with Crippen molar-refractivity contribution in [3.8, 4) is 67.1 Å². The first kappa shape index (κ1) is 55.4. The molecule has 3 nitrogen and oxygen atoms in total. The molecule has 426 valence electrons. The van der Waals surface area contributed by atoms with Crippen molar-refractivity contribution in [2.75, 3.05) is 11.5 Å². The maximum Gasteiger partial charge on any atom is 0.119 e. The minimum absolute atomic E-state index is 0.360. The maximum atomic E-state index is 6.51. The number of nitrogens with zero attached hydrogens (tertiary/aromatic N) is 2. The van der Waals surface area contributed by atoms with Crippen LogP contribution in [0.25, 0.3) is 95.3 Å². The zero-order valence-corrected chi connectivity index (χ0v) is 49.9. The summed E-state index contributed by atoms with van der Waals surface area (Å²) in [4.78, 5) is 2.46. The molecule has 1 aromatic heterocycles. The molecule has 0 N–H and O–H groups in total. The van der Waals surface area contributed by atoms with Crippen molar-refractivity contribution in [3.05, 3.63) is 332 Å². The summed E-state index contributed by atoms with van der Waals surface area (Å²) in [7, 11) is 0. The highest BCUT2D eigenvalue weighted by molar-refractivity contribution is 6.11. The SMILES string of the molecule is C=Cc1ccc(-c2ccc(OCC(CC)CCCCC3(c4ccccc4)c4ccccc4-c4ccc(N(c5ccc(-c6ccccc6)cc5)c5ccc(-c6ccc7c(c6)c6cc(-c8ccc(C=C)cc8)ccc6n7-c6ccccc6)cc5)cc43)cc2)cc1. The number of aromatic nitrogens is 1. The van der Waals surface area contributed by atoms with Crippen LogP contribution in [0.5, 0.6) is 5.75 Å². The van der Waals surface area contributed by atoms with Gasteiger partial charge in [0.2, 0.25) is 0 Å². The average molecular weight is 1140 g/mol. The molecular weight excluding hydrogens is 1060 g/mol. The fourth-order valence-corrected chi connectivity index (χ4v) is 13.7. The predicted octanol–water partition coefficient (Wildman–Crippen LogP) is 23.2. The molecular formula is C85H70N2O. The average Bonchev–Trinajstić information content (AvgIpc) is 1.59. The smallest absolute Gasteiger partial charge is 0.119 e. The van der Waals surface area contributed by atoms with Crippen molar-refractivity contribution in [1.82, 2.24) is 4.57 Å². The monoisotopic (exact) mass is 1130 g/mol. The molecule has 1 heterocycles. The van der Waals surface area contributed by atoms with E-state index in [-0.39, 0.29) is 5.41 Å². The van der Waals surface area contributed by atoms with Gasteiger partial charge in [-0.15, -0.1) is 0 Å². The Morgan fingerprint density at radius 3 is 1.43 bits per heavy atom. The lowest BCUT2D eigenvalue weighted by Gasteiger charge is -2.34. The fraction of sp³-hybridized carbons (Fsp3) is 0.106. The summed E-state index contributed by atoms with van der Waals surface area (Å²) >= 11 is 0. The van der Waals surface area contributed by atoms with Crippen LogP contribution in [0.4, 0.5) is 17.1 Å². The molecule has 0 radical (unpaired) electrons. The summed E-state index contributed by atoms with van der Waals surface area (Å²) in [5.74, 6) is 1.37. The molecule has 2 atom stereocenters. The Hall–Kier alpha value is -10.5. The fourth-order valence-electron chi connectivity index (χ4n) is 13.7. The maximum absolute atomic E-state index is 6.51. The molecule has 0 aliphatic heterocycles. The minimum Gasteiger partial charge on any atom is -0.493 e. The standard InChI is InChI=1S/C85H70N2O/c1-4-60-29-33-64(34-30-60)66-41-50-76(51-42-66)88-59-62(6-3)20-18-19-55-85(71-23-12-8-13-24-71)81-28-17-16-27-77(81)78-52-49-75(58-82(78)85)86(73-45-37-65(38-46-73)63-21-10-7-11-22-63)74-47-39-68(40-48-74)70-44-54-84-80(57-70)79-56-69(67-35-31-61(5-2)32-36-67)43-53-83(79)87(84)72-25-14-9-15-26-72/h4-5,7-17,21-54,56-58,62H,1-2,6,18-20,55,59H2,3H3. The van der Waals surface area contributed by atoms with Crippen molar-refractivity contribution in [2.24, 2.45) is 5.92 Å². The highest BCUT2D eigenvalue weighted by Crippen LogP contribution is 2.56. The van der Waals surface area contributed by atoms with Gasteiger partial charge in [-0.25, -0.2) is 0 Å². The number of benzene rings is 12. The van der Waals surface area contributed by atoms with Crippen LogP contribution in [0.1, 0.15) is 66.8 Å². The number of hydrogen-bond donors (Lipinski definition) is 0. The van der Waals surface area contributed by atoms with Crippen LogP contribution < -0.4 is 9.64 Å². The van der Waals surface area contributed by atoms with E-state index in [1.54, 1.807) is 0 Å². The second-order valence-corrected chi connectivity index (χ2v) is 23.5. The molecule has 1 aliphatic carbocycles. The summed E-state index contributed by atoms with van der Waals surface area (Å²) in [6.07, 6.45) is 9.10. The largest absolute Gasteiger partial charge is 0.493 e. The zero-order valence-electron chi connectivity index (χ0n) is 49.9. The molecule has 0 amide bonds. The second kappa shape index (κ2) is 24.5. The summed E-state index contributed by atoms with van der Waals surface area (Å²) < 4.78 is 8.91. The summed E-state index contributed by atoms with van der Waals surface area (Å²) in [5, 5.41) is 2.44. The number of para-hydroxylation sites is 1. The third-order valence-corrected chi connectivity index (χ3v) is 18.4. The van der Waals surface area contributed by atoms with Crippen LogP contribution in [-0.4, -0.2) is 11.2 Å². The van der Waals surface area contributed by atoms with Gasteiger partial charge in [-0.3, -0.25) is 0 Å². The lowest BCUT2D eigenvalue weighted by Crippen LogP contribution is -2.27. The molecule has 88 heavy (non-hydrogen) atoms. The van der Waals surface area contributed by atoms with Gasteiger partial charge in [-0.2, -0.15) is 0 Å². The van der Waals surface area contributed by atoms with Gasteiger partial charge >= 0.3 is 0 Å². The molecule has 0 bridgehead atoms. The molecule has 0 fully saturated rings. The van der Waals surface area contributed by atoms with Gasteiger partial charge in [0.15, 0.2) is 0 Å². The van der Waals surface area contributed by atoms with E-state index in [4.69, 9.17) is 4.74 Å². The summed E-state index contributed by atoms with van der Waals surface area (Å²) in [6.45, 7) is 10.9. The highest BCUT2D eigenvalue weighted by Gasteiger charge is 2.44. The Morgan fingerprint density at radius 2 is 0.875 bits per heavy atom. The minimum atomic E-state index is -0.360. The third-order valence-electron chi connectivity index (χ3n) is 18.4. The Balaban J connectivity index is 0.799. The molecule has 14 rings (SSSR count). The zero-order chi connectivity index (χ0) is 59.4. The number of anilines is 3. The molecule has 1 aliphatic rings. The van der Waals surface area contributed by atoms with Crippen molar-refractivity contribution in [1.29, 1.82) is 0 Å². The van der Waals surface area contributed by atoms with Gasteiger partial charge in [-0.05, 0) is 187 Å². The van der Waals surface area contributed by atoms with E-state index >= 15 is 0 Å². The van der Waals surface area contributed by atoms with Crippen LogP contribution in [0.3, 0.4) is 0 Å². The Kier molecular flexibility index (Phi) is 15.4. The molecule has 13 aromatic rings. The van der Waals surface area contributed by atoms with Gasteiger partial charge in [0, 0.05) is 38.9 Å². The number of ether oxygens (including phenoxy) is 1. The summed E-state index contributed by atoms with van der Waals surface area (Å²) in [5.41, 5.74) is 24.8. The van der Waals surface area contributed by atoms with Crippen LogP contribution in [-0.2, 0) is 5.41 Å². The van der Waals surface area contributed by atoms with E-state index in [1.165, 1.54) is 88.6 Å². The lowest BCUT2D eigenvalue weighted by atomic mass is 9.69. The van der Waals surface area contributed by atoms with Crippen LogP contribution in [0.2, 0.25) is 0 Å². The topological polar surface area (TPSA) is 17.4 Å². The van der Waals surface area contributed by atoms with Gasteiger partial charge < -0.3 is 14.2 Å². The Bertz CT molecular complexity index is 4580. The first-order valence-electron chi connectivity index (χ1n) is 31.1. The van der Waals surface area contributed by atoms with E-state index in [9.17, 15) is 0 Å². The highest BCUT2D eigenvalue weighted by atomic mass is 16.5. The van der Waals surface area contributed by atoms with Crippen LogP contribution in [0.15, 0.2) is 304 Å². The van der Waals surface area contributed by atoms with Crippen LogP contribution >= 0.6 is 0 Å². The van der Waals surface area contributed by atoms with Crippen molar-refractivity contribution in [3.63, 3.8) is 0 Å². The second-order valence-electron chi connectivity index (χ2n) is 23.5. The van der Waals surface area contributed by atoms with E-state index in [0.717, 1.165) is 77.3 Å². The van der Waals surface area contributed by atoms with E-state index in [2.05, 4.69) is 321 Å². The summed E-state index contributed by atoms with van der Waals surface area (Å²) in [6, 6.07) is 107. The van der Waals surface area contributed by atoms with E-state index in [0.29, 0.717) is 12.5 Å². The number of rotatable bonds is 20. The number of hydrogen-bond acceptors (Lipinski definition) is 2. The quantitative estimate of drug-likeness (QED) is 0.0708. The predicted molar refractivity (Wildman–Crippen MR) is 373 cm³/mol. The normalized spacial score (nSPS) is 13.6. The van der Waals surface area contributed by atoms with Gasteiger partial charge in [0.1, 0.15) is 5.75 Å². The van der Waals surface area contributed by atoms with Gasteiger partial charge in [-0.1, -0.05) is 258 Å². The molecule has 0 spiro atoms. The Labute approximate surface area is 518 Å². The van der Waals surface area contributed by atoms with Gasteiger partial charge in [0.25, 0.3) is 0 Å². The third kappa shape index (κ3) is 10.6. The Morgan fingerprint density at radius 1 is 0.420 bits per heavy atom. The van der Waals surface area contributed by atoms with Crippen molar-refractivity contribution >= 4 is 51.0 Å². The van der Waals surface area contributed by atoms with Crippen molar-refractivity contribution < 1.29 is 4.74 Å². The van der Waals surface area contributed by atoms with Gasteiger partial charge in [0.05, 0.1) is 17.6 Å². The molecule has 0 saturated heterocycles. The molecule has 2 unspecified atom stereocenters. The lowest BCUT2D eigenvalue weighted by molar-refractivity contribution is 0.232. The first-order chi connectivity index (χ1) is 43.5. The van der Waals surface area contributed by atoms with Crippen LogP contribution in [0, 0.1) is 5.92 Å². The first-order valence-corrected chi connectivity index (χ1v) is 31.1. The number of fused-ring (bicyclic) bond motifs is 6. The molecule has 0 saturated carbocycles. The molecule has 12 aromatic carbocycles. The van der Waals surface area contributed by atoms with E-state index in [1.807, 2.05) is 12.2 Å². The van der Waals surface area contributed by atoms with E-state index < -0.39 is 0 Å². The molecule has 3 heteroatoms. The van der Waals surface area contributed by atoms with Crippen molar-refractivity contribution in [2.45, 2.75) is 44.4 Å². The number of unbranched alkanes of at least 4 members (excludes halogenated alkanes) is 1.